The standard InChI is InChI=1S/C14H25NO2/c1-15(10-7-12-5-6-12)14(11-13(16)17)8-3-2-4-9-14/h12H,2-11H2,1H3,(H,16,17). The molecule has 0 bridgehead atoms. The third kappa shape index (κ3) is 3.44. The highest BCUT2D eigenvalue weighted by molar-refractivity contribution is 5.68. The second kappa shape index (κ2) is 5.38. The lowest BCUT2D eigenvalue weighted by Gasteiger charge is -2.44. The molecule has 2 rings (SSSR count). The van der Waals surface area contributed by atoms with Gasteiger partial charge in [0.05, 0.1) is 6.42 Å². The Balaban J connectivity index is 1.93. The molecular weight excluding hydrogens is 214 g/mol. The van der Waals surface area contributed by atoms with Crippen LogP contribution in [0.1, 0.15) is 57.8 Å². The largest absolute Gasteiger partial charge is 0.481 e. The number of nitrogens with zero attached hydrogens (tertiary/aromatic N) is 1. The summed E-state index contributed by atoms with van der Waals surface area (Å²) in [6.07, 6.45) is 10.2. The molecule has 2 aliphatic carbocycles. The summed E-state index contributed by atoms with van der Waals surface area (Å²) in [5.74, 6) is 0.299. The maximum Gasteiger partial charge on any atom is 0.305 e. The monoisotopic (exact) mass is 239 g/mol. The zero-order chi connectivity index (χ0) is 12.3. The molecule has 1 N–H and O–H groups in total. The SMILES string of the molecule is CN(CCC1CC1)C1(CC(=O)O)CCCCC1. The Morgan fingerprint density at radius 3 is 2.47 bits per heavy atom. The molecule has 0 amide bonds. The lowest BCUT2D eigenvalue weighted by molar-refractivity contribution is -0.141. The average molecular weight is 239 g/mol. The molecular formula is C14H25NO2. The van der Waals surface area contributed by atoms with Crippen LogP contribution in [0.25, 0.3) is 0 Å². The molecule has 0 spiro atoms. The fourth-order valence-electron chi connectivity index (χ4n) is 3.20. The smallest absolute Gasteiger partial charge is 0.305 e. The first-order valence-corrected chi connectivity index (χ1v) is 7.05. The summed E-state index contributed by atoms with van der Waals surface area (Å²) < 4.78 is 0. The highest BCUT2D eigenvalue weighted by Gasteiger charge is 2.38. The van der Waals surface area contributed by atoms with Gasteiger partial charge in [0, 0.05) is 5.54 Å². The topological polar surface area (TPSA) is 40.5 Å². The van der Waals surface area contributed by atoms with E-state index in [1.165, 1.54) is 38.5 Å². The lowest BCUT2D eigenvalue weighted by Crippen LogP contribution is -2.49. The van der Waals surface area contributed by atoms with Crippen molar-refractivity contribution in [1.82, 2.24) is 4.90 Å². The van der Waals surface area contributed by atoms with Crippen molar-refractivity contribution in [3.63, 3.8) is 0 Å². The van der Waals surface area contributed by atoms with Crippen LogP contribution in [0, 0.1) is 5.92 Å². The maximum absolute atomic E-state index is 11.1. The molecule has 0 aromatic rings. The van der Waals surface area contributed by atoms with Crippen molar-refractivity contribution in [2.75, 3.05) is 13.6 Å². The fourth-order valence-corrected chi connectivity index (χ4v) is 3.20. The third-order valence-corrected chi connectivity index (χ3v) is 4.64. The molecule has 0 saturated heterocycles. The summed E-state index contributed by atoms with van der Waals surface area (Å²) >= 11 is 0. The molecule has 0 aliphatic heterocycles. The Hall–Kier alpha value is -0.570. The van der Waals surface area contributed by atoms with Crippen molar-refractivity contribution in [3.05, 3.63) is 0 Å². The second-order valence-electron chi connectivity index (χ2n) is 6.01. The Kier molecular flexibility index (Phi) is 4.08. The van der Waals surface area contributed by atoms with Gasteiger partial charge in [0.25, 0.3) is 0 Å². The van der Waals surface area contributed by atoms with E-state index >= 15 is 0 Å². The normalized spacial score (nSPS) is 23.9. The molecule has 0 aromatic carbocycles. The Morgan fingerprint density at radius 2 is 1.94 bits per heavy atom. The zero-order valence-corrected chi connectivity index (χ0v) is 11.0. The average Bonchev–Trinajstić information content (AvgIpc) is 3.10. The molecule has 3 nitrogen and oxygen atoms in total. The van der Waals surface area contributed by atoms with Crippen molar-refractivity contribution in [2.24, 2.45) is 5.92 Å². The summed E-state index contributed by atoms with van der Waals surface area (Å²) in [4.78, 5) is 13.5. The molecule has 0 aromatic heterocycles. The van der Waals surface area contributed by atoms with Gasteiger partial charge in [-0.3, -0.25) is 4.79 Å². The number of carboxylic acid groups (broad SMARTS) is 1. The molecule has 0 unspecified atom stereocenters. The van der Waals surface area contributed by atoms with Crippen molar-refractivity contribution >= 4 is 5.97 Å². The number of carboxylic acids is 1. The van der Waals surface area contributed by atoms with E-state index in [9.17, 15) is 4.79 Å². The van der Waals surface area contributed by atoms with Gasteiger partial charge in [-0.15, -0.1) is 0 Å². The molecule has 17 heavy (non-hydrogen) atoms. The van der Waals surface area contributed by atoms with Crippen molar-refractivity contribution in [2.45, 2.75) is 63.3 Å². The summed E-state index contributed by atoms with van der Waals surface area (Å²) in [5, 5.41) is 9.14. The molecule has 0 heterocycles. The highest BCUT2D eigenvalue weighted by atomic mass is 16.4. The molecule has 0 atom stereocenters. The summed E-state index contributed by atoms with van der Waals surface area (Å²) in [7, 11) is 2.14. The summed E-state index contributed by atoms with van der Waals surface area (Å²) in [6.45, 7) is 1.08. The van der Waals surface area contributed by atoms with Crippen LogP contribution < -0.4 is 0 Å². The number of aliphatic carboxylic acids is 1. The summed E-state index contributed by atoms with van der Waals surface area (Å²) in [5.41, 5.74) is -0.0427. The Bertz CT molecular complexity index is 267. The van der Waals surface area contributed by atoms with Gasteiger partial charge in [-0.1, -0.05) is 32.1 Å². The predicted octanol–water partition coefficient (Wildman–Crippen LogP) is 2.90. The van der Waals surface area contributed by atoms with E-state index in [0.717, 1.165) is 25.3 Å². The minimum Gasteiger partial charge on any atom is -0.481 e. The predicted molar refractivity (Wildman–Crippen MR) is 68.0 cm³/mol. The molecule has 3 heteroatoms. The first-order chi connectivity index (χ1) is 8.12. The molecule has 0 radical (unpaired) electrons. The molecule has 2 saturated carbocycles. The van der Waals surface area contributed by atoms with Crippen molar-refractivity contribution in [1.29, 1.82) is 0 Å². The van der Waals surface area contributed by atoms with Gasteiger partial charge in [0.1, 0.15) is 0 Å². The van der Waals surface area contributed by atoms with Gasteiger partial charge in [-0.05, 0) is 38.8 Å². The highest BCUT2D eigenvalue weighted by Crippen LogP contribution is 2.38. The van der Waals surface area contributed by atoms with Crippen LogP contribution in [0.5, 0.6) is 0 Å². The van der Waals surface area contributed by atoms with Gasteiger partial charge in [0.15, 0.2) is 0 Å². The van der Waals surface area contributed by atoms with E-state index in [4.69, 9.17) is 5.11 Å². The van der Waals surface area contributed by atoms with Crippen LogP contribution in [0.3, 0.4) is 0 Å². The van der Waals surface area contributed by atoms with E-state index in [2.05, 4.69) is 11.9 Å². The van der Waals surface area contributed by atoms with Gasteiger partial charge in [-0.25, -0.2) is 0 Å². The van der Waals surface area contributed by atoms with Crippen molar-refractivity contribution < 1.29 is 9.90 Å². The number of hydrogen-bond acceptors (Lipinski definition) is 2. The molecule has 2 aliphatic rings. The van der Waals surface area contributed by atoms with Gasteiger partial charge in [-0.2, -0.15) is 0 Å². The Labute approximate surface area is 104 Å². The fraction of sp³-hybridized carbons (Fsp3) is 0.929. The third-order valence-electron chi connectivity index (χ3n) is 4.64. The van der Waals surface area contributed by atoms with Crippen LogP contribution in [-0.2, 0) is 4.79 Å². The lowest BCUT2D eigenvalue weighted by atomic mass is 9.78. The van der Waals surface area contributed by atoms with Crippen LogP contribution in [-0.4, -0.2) is 35.1 Å². The van der Waals surface area contributed by atoms with Crippen LogP contribution in [0.2, 0.25) is 0 Å². The van der Waals surface area contributed by atoms with E-state index in [1.54, 1.807) is 0 Å². The first kappa shape index (κ1) is 12.9. The van der Waals surface area contributed by atoms with Crippen molar-refractivity contribution in [3.8, 4) is 0 Å². The van der Waals surface area contributed by atoms with Gasteiger partial charge < -0.3 is 10.0 Å². The van der Waals surface area contributed by atoms with E-state index < -0.39 is 5.97 Å². The minimum absolute atomic E-state index is 0.0427. The minimum atomic E-state index is -0.634. The van der Waals surface area contributed by atoms with Crippen LogP contribution >= 0.6 is 0 Å². The number of hydrogen-bond donors (Lipinski definition) is 1. The molecule has 2 fully saturated rings. The molecule has 98 valence electrons. The van der Waals surface area contributed by atoms with E-state index in [0.29, 0.717) is 6.42 Å². The second-order valence-corrected chi connectivity index (χ2v) is 6.01. The van der Waals surface area contributed by atoms with E-state index in [1.807, 2.05) is 0 Å². The number of rotatable bonds is 6. The quantitative estimate of drug-likeness (QED) is 0.774. The Morgan fingerprint density at radius 1 is 1.29 bits per heavy atom. The van der Waals surface area contributed by atoms with Crippen LogP contribution in [0.15, 0.2) is 0 Å². The van der Waals surface area contributed by atoms with Gasteiger partial charge in [0.2, 0.25) is 0 Å². The van der Waals surface area contributed by atoms with E-state index in [-0.39, 0.29) is 5.54 Å². The van der Waals surface area contributed by atoms with Crippen LogP contribution in [0.4, 0.5) is 0 Å². The zero-order valence-electron chi connectivity index (χ0n) is 11.0. The van der Waals surface area contributed by atoms with Gasteiger partial charge >= 0.3 is 5.97 Å². The maximum atomic E-state index is 11.1. The number of carbonyl (C=O) groups is 1. The summed E-state index contributed by atoms with van der Waals surface area (Å²) in [6, 6.07) is 0. The first-order valence-electron chi connectivity index (χ1n) is 7.05.